The second-order valence-corrected chi connectivity index (χ2v) is 8.34. The molecule has 0 radical (unpaired) electrons. The molecule has 0 unspecified atom stereocenters. The number of rotatable bonds is 0. The van der Waals surface area contributed by atoms with Crippen LogP contribution in [0.4, 0.5) is 0 Å². The Balaban J connectivity index is 1.96. The van der Waals surface area contributed by atoms with E-state index in [1.807, 2.05) is 6.92 Å². The van der Waals surface area contributed by atoms with Crippen LogP contribution < -0.4 is 10.9 Å². The lowest BCUT2D eigenvalue weighted by Gasteiger charge is -2.32. The lowest BCUT2D eigenvalue weighted by atomic mass is 9.84. The van der Waals surface area contributed by atoms with E-state index in [9.17, 15) is 15.3 Å². The highest BCUT2D eigenvalue weighted by Gasteiger charge is 2.33. The molecular formula is C24H18N4O. The molecule has 5 heteroatoms. The second-order valence-electron chi connectivity index (χ2n) is 8.34. The van der Waals surface area contributed by atoms with E-state index in [4.69, 9.17) is 0 Å². The minimum absolute atomic E-state index is 0.0000548. The van der Waals surface area contributed by atoms with Gasteiger partial charge in [0.1, 0.15) is 0 Å². The molecule has 3 aromatic rings. The van der Waals surface area contributed by atoms with E-state index in [-0.39, 0.29) is 5.56 Å². The Hall–Kier alpha value is -3.57. The van der Waals surface area contributed by atoms with Crippen molar-refractivity contribution in [2.45, 2.75) is 39.8 Å². The zero-order valence-electron chi connectivity index (χ0n) is 16.4. The van der Waals surface area contributed by atoms with Gasteiger partial charge < -0.3 is 9.47 Å². The number of hydrogen-bond acceptors (Lipinski definition) is 4. The molecule has 1 aromatic heterocycles. The van der Waals surface area contributed by atoms with Crippen molar-refractivity contribution in [2.24, 2.45) is 0 Å². The number of aryl methyl sites for hydroxylation is 2. The zero-order valence-corrected chi connectivity index (χ0v) is 16.4. The van der Waals surface area contributed by atoms with E-state index in [2.05, 4.69) is 36.1 Å². The lowest BCUT2D eigenvalue weighted by molar-refractivity contribution is 0.416. The van der Waals surface area contributed by atoms with Crippen LogP contribution in [0.2, 0.25) is 0 Å². The summed E-state index contributed by atoms with van der Waals surface area (Å²) in [5.74, 6) is 0. The van der Waals surface area contributed by atoms with Crippen LogP contribution in [0.3, 0.4) is 0 Å². The molecule has 5 nitrogen and oxygen atoms in total. The molecule has 4 heterocycles. The van der Waals surface area contributed by atoms with Crippen LogP contribution in [0.25, 0.3) is 32.8 Å². The molecule has 0 N–H and O–H groups in total. The summed E-state index contributed by atoms with van der Waals surface area (Å²) in [5, 5.41) is 24.0. The van der Waals surface area contributed by atoms with E-state index < -0.39 is 0 Å². The molecule has 0 fully saturated rings. The SMILES string of the molecule is Cc1cc2c3n(c(=O)c4c(C)cc5c(c1CN1CCC(C#N)=C51)c24)CCC=3C#N. The third-order valence-electron chi connectivity index (χ3n) is 6.90. The molecular weight excluding hydrogens is 360 g/mol. The Morgan fingerprint density at radius 3 is 2.45 bits per heavy atom. The summed E-state index contributed by atoms with van der Waals surface area (Å²) >= 11 is 0. The van der Waals surface area contributed by atoms with Crippen LogP contribution in [-0.4, -0.2) is 16.0 Å². The molecule has 140 valence electrons. The monoisotopic (exact) mass is 378 g/mol. The molecule has 0 aliphatic carbocycles. The van der Waals surface area contributed by atoms with Crippen molar-refractivity contribution >= 4 is 32.8 Å². The van der Waals surface area contributed by atoms with Crippen LogP contribution in [0, 0.1) is 36.5 Å². The Morgan fingerprint density at radius 2 is 1.69 bits per heavy atom. The smallest absolute Gasteiger partial charge is 0.259 e. The average Bonchev–Trinajstić information content (AvgIpc) is 3.33. The van der Waals surface area contributed by atoms with Crippen molar-refractivity contribution in [2.75, 3.05) is 6.54 Å². The maximum absolute atomic E-state index is 13.4. The highest BCUT2D eigenvalue weighted by molar-refractivity contribution is 6.17. The molecule has 3 aliphatic heterocycles. The predicted molar refractivity (Wildman–Crippen MR) is 112 cm³/mol. The van der Waals surface area contributed by atoms with Crippen molar-refractivity contribution in [1.82, 2.24) is 9.47 Å². The predicted octanol–water partition coefficient (Wildman–Crippen LogP) is 3.02. The quantitative estimate of drug-likeness (QED) is 0.603. The summed E-state index contributed by atoms with van der Waals surface area (Å²) in [6, 6.07) is 8.99. The molecule has 3 aliphatic rings. The molecule has 0 bridgehead atoms. The molecule has 2 aromatic carbocycles. The minimum Gasteiger partial charge on any atom is -0.366 e. The minimum atomic E-state index is -0.0000548. The fraction of sp³-hybridized carbons (Fsp3) is 0.292. The summed E-state index contributed by atoms with van der Waals surface area (Å²) < 4.78 is 1.79. The van der Waals surface area contributed by atoms with Crippen LogP contribution in [0.5, 0.6) is 0 Å². The average molecular weight is 378 g/mol. The molecule has 6 rings (SSSR count). The van der Waals surface area contributed by atoms with Gasteiger partial charge in [0.2, 0.25) is 0 Å². The van der Waals surface area contributed by atoms with Gasteiger partial charge in [-0.2, -0.15) is 10.5 Å². The number of nitriles is 2. The number of hydrogen-bond donors (Lipinski definition) is 0. The van der Waals surface area contributed by atoms with Crippen LogP contribution in [-0.2, 0) is 13.1 Å². The molecule has 0 amide bonds. The van der Waals surface area contributed by atoms with Gasteiger partial charge in [0.25, 0.3) is 5.56 Å². The summed E-state index contributed by atoms with van der Waals surface area (Å²) in [6.07, 6.45) is 1.38. The van der Waals surface area contributed by atoms with Crippen molar-refractivity contribution in [3.05, 3.63) is 55.7 Å². The van der Waals surface area contributed by atoms with Gasteiger partial charge in [-0.25, -0.2) is 0 Å². The fourth-order valence-electron chi connectivity index (χ4n) is 5.66. The van der Waals surface area contributed by atoms with Gasteiger partial charge in [-0.3, -0.25) is 4.79 Å². The topological polar surface area (TPSA) is 72.8 Å². The first-order chi connectivity index (χ1) is 14.0. The van der Waals surface area contributed by atoms with Crippen molar-refractivity contribution in [1.29, 1.82) is 10.5 Å². The van der Waals surface area contributed by atoms with E-state index in [0.717, 1.165) is 68.8 Å². The number of aromatic nitrogens is 1. The van der Waals surface area contributed by atoms with Crippen LogP contribution >= 0.6 is 0 Å². The van der Waals surface area contributed by atoms with Gasteiger partial charge in [0.15, 0.2) is 0 Å². The maximum Gasteiger partial charge on any atom is 0.259 e. The van der Waals surface area contributed by atoms with Gasteiger partial charge in [0, 0.05) is 48.8 Å². The number of benzene rings is 2. The Kier molecular flexibility index (Phi) is 2.98. The molecule has 29 heavy (non-hydrogen) atoms. The Morgan fingerprint density at radius 1 is 0.931 bits per heavy atom. The first-order valence-corrected chi connectivity index (χ1v) is 9.99. The second kappa shape index (κ2) is 5.27. The number of pyridine rings is 1. The van der Waals surface area contributed by atoms with Gasteiger partial charge in [-0.05, 0) is 48.1 Å². The van der Waals surface area contributed by atoms with Crippen LogP contribution in [0.15, 0.2) is 22.5 Å². The van der Waals surface area contributed by atoms with E-state index in [0.29, 0.717) is 18.5 Å². The Bertz CT molecular complexity index is 1540. The van der Waals surface area contributed by atoms with Crippen LogP contribution in [0.1, 0.15) is 35.1 Å². The van der Waals surface area contributed by atoms with Gasteiger partial charge >= 0.3 is 0 Å². The Labute approximate surface area is 167 Å². The lowest BCUT2D eigenvalue weighted by Crippen LogP contribution is -2.32. The van der Waals surface area contributed by atoms with E-state index >= 15 is 0 Å². The largest absolute Gasteiger partial charge is 0.366 e. The first-order valence-electron chi connectivity index (χ1n) is 9.99. The maximum atomic E-state index is 13.4. The summed E-state index contributed by atoms with van der Waals surface area (Å²) in [5.41, 5.74) is 6.98. The van der Waals surface area contributed by atoms with Crippen molar-refractivity contribution < 1.29 is 0 Å². The number of fused-ring (bicyclic) bond motifs is 4. The zero-order chi connectivity index (χ0) is 20.0. The highest BCUT2D eigenvalue weighted by Crippen LogP contribution is 2.45. The van der Waals surface area contributed by atoms with E-state index in [1.165, 1.54) is 11.1 Å². The molecule has 0 spiro atoms. The van der Waals surface area contributed by atoms with Crippen molar-refractivity contribution in [3.63, 3.8) is 0 Å². The van der Waals surface area contributed by atoms with Gasteiger partial charge in [0.05, 0.1) is 39.7 Å². The van der Waals surface area contributed by atoms with Gasteiger partial charge in [-0.1, -0.05) is 0 Å². The molecule has 0 atom stereocenters. The number of nitrogens with zero attached hydrogens (tertiary/aromatic N) is 4. The normalized spacial score (nSPS) is 17.1. The van der Waals surface area contributed by atoms with Crippen molar-refractivity contribution in [3.8, 4) is 12.1 Å². The summed E-state index contributed by atoms with van der Waals surface area (Å²) in [4.78, 5) is 15.7. The third kappa shape index (κ3) is 1.81. The summed E-state index contributed by atoms with van der Waals surface area (Å²) in [6.45, 7) is 6.30. The molecule has 0 saturated heterocycles. The standard InChI is InChI=1S/C24H18N4O/c1-12-7-17-21-19(24(29)28-6-4-15(10-26)23(17)28)13(2)8-16-20(21)18(12)11-27-5-3-14(9-25)22(16)27/h7-8H,3-6,11H2,1-2H3. The van der Waals surface area contributed by atoms with Gasteiger partial charge in [-0.15, -0.1) is 0 Å². The highest BCUT2D eigenvalue weighted by atomic mass is 16.1. The first kappa shape index (κ1) is 16.4. The fourth-order valence-corrected chi connectivity index (χ4v) is 5.66. The third-order valence-corrected chi connectivity index (χ3v) is 6.90. The molecule has 0 saturated carbocycles. The summed E-state index contributed by atoms with van der Waals surface area (Å²) in [7, 11) is 0. The van der Waals surface area contributed by atoms with E-state index in [1.54, 1.807) is 4.57 Å².